The second kappa shape index (κ2) is 6.41. The normalized spacial score (nSPS) is 26.2. The van der Waals surface area contributed by atoms with E-state index in [0.717, 1.165) is 41.8 Å². The van der Waals surface area contributed by atoms with Gasteiger partial charge in [-0.2, -0.15) is 0 Å². The highest BCUT2D eigenvalue weighted by Gasteiger charge is 2.44. The molecular weight excluding hydrogens is 314 g/mol. The maximum absolute atomic E-state index is 9.85. The van der Waals surface area contributed by atoms with Crippen LogP contribution in [0.3, 0.4) is 0 Å². The Bertz CT molecular complexity index is 700. The first-order valence-corrected chi connectivity index (χ1v) is 9.21. The number of methoxy groups -OCH3 is 1. The van der Waals surface area contributed by atoms with Crippen molar-refractivity contribution >= 4 is 0 Å². The minimum atomic E-state index is -0.461. The van der Waals surface area contributed by atoms with Crippen LogP contribution in [-0.4, -0.2) is 35.9 Å². The fraction of sp³-hybridized carbons (Fsp3) is 0.524. The number of aliphatic hydroxyl groups excluding tert-OH is 1. The number of nitrogens with zero attached hydrogens (tertiary/aromatic N) is 1. The molecule has 1 N–H and O–H groups in total. The third-order valence-corrected chi connectivity index (χ3v) is 5.46. The molecule has 2 atom stereocenters. The number of hydrogen-bond acceptors (Lipinski definition) is 4. The predicted octanol–water partition coefficient (Wildman–Crippen LogP) is 3.82. The van der Waals surface area contributed by atoms with E-state index in [4.69, 9.17) is 9.47 Å². The Morgan fingerprint density at radius 1 is 1.12 bits per heavy atom. The minimum absolute atomic E-state index is 0.461. The van der Waals surface area contributed by atoms with Gasteiger partial charge in [0.15, 0.2) is 11.5 Å². The van der Waals surface area contributed by atoms with Crippen molar-refractivity contribution in [3.8, 4) is 11.5 Å². The van der Waals surface area contributed by atoms with Crippen LogP contribution >= 0.6 is 0 Å². The fourth-order valence-corrected chi connectivity index (χ4v) is 3.86. The molecule has 0 spiro atoms. The lowest BCUT2D eigenvalue weighted by Gasteiger charge is -2.31. The van der Waals surface area contributed by atoms with Crippen LogP contribution in [0.1, 0.15) is 44.6 Å². The van der Waals surface area contributed by atoms with Crippen LogP contribution in [0, 0.1) is 5.92 Å². The van der Waals surface area contributed by atoms with Gasteiger partial charge in [0.05, 0.1) is 19.8 Å². The lowest BCUT2D eigenvalue weighted by molar-refractivity contribution is 0.251. The van der Waals surface area contributed by atoms with Crippen LogP contribution in [0.4, 0.5) is 0 Å². The molecule has 4 nitrogen and oxygen atoms in total. The van der Waals surface area contributed by atoms with Gasteiger partial charge in [-0.25, -0.2) is 0 Å². The number of benzene rings is 1. The number of ether oxygens (including phenoxy) is 2. The van der Waals surface area contributed by atoms with Crippen LogP contribution in [0.2, 0.25) is 0 Å². The topological polar surface area (TPSA) is 41.9 Å². The highest BCUT2D eigenvalue weighted by Crippen LogP contribution is 2.49. The quantitative estimate of drug-likeness (QED) is 0.854. The standard InChI is InChI=1S/C21H27NO3/c1-13-8-17(23)9-14(2)22(13)19-11-18(19)16-6-7-20(24-3)21(10-16)25-12-15-4-5-15/h6-10,15,17-19,23H,4-5,11-12H2,1-3H3. The van der Waals surface area contributed by atoms with Gasteiger partial charge in [0.1, 0.15) is 0 Å². The molecule has 4 rings (SSSR count). The Morgan fingerprint density at radius 3 is 2.48 bits per heavy atom. The van der Waals surface area contributed by atoms with Gasteiger partial charge in [-0.05, 0) is 68.9 Å². The number of rotatable bonds is 6. The Morgan fingerprint density at radius 2 is 1.84 bits per heavy atom. The first-order valence-electron chi connectivity index (χ1n) is 9.21. The highest BCUT2D eigenvalue weighted by atomic mass is 16.5. The number of aliphatic hydroxyl groups is 1. The molecule has 25 heavy (non-hydrogen) atoms. The summed E-state index contributed by atoms with van der Waals surface area (Å²) in [6.45, 7) is 4.95. The van der Waals surface area contributed by atoms with E-state index in [2.05, 4.69) is 30.9 Å². The largest absolute Gasteiger partial charge is 0.493 e. The van der Waals surface area contributed by atoms with Gasteiger partial charge >= 0.3 is 0 Å². The lowest BCUT2D eigenvalue weighted by Crippen LogP contribution is -2.28. The first-order chi connectivity index (χ1) is 12.1. The van der Waals surface area contributed by atoms with Gasteiger partial charge in [-0.3, -0.25) is 0 Å². The van der Waals surface area contributed by atoms with E-state index >= 15 is 0 Å². The van der Waals surface area contributed by atoms with E-state index < -0.39 is 6.10 Å². The van der Waals surface area contributed by atoms with E-state index in [1.54, 1.807) is 7.11 Å². The molecule has 2 fully saturated rings. The zero-order chi connectivity index (χ0) is 17.6. The zero-order valence-electron chi connectivity index (χ0n) is 15.2. The van der Waals surface area contributed by atoms with Crippen LogP contribution in [0.5, 0.6) is 11.5 Å². The molecule has 0 amide bonds. The van der Waals surface area contributed by atoms with Gasteiger partial charge in [-0.1, -0.05) is 6.07 Å². The summed E-state index contributed by atoms with van der Waals surface area (Å²) in [7, 11) is 1.69. The number of hydrogen-bond donors (Lipinski definition) is 1. The predicted molar refractivity (Wildman–Crippen MR) is 97.7 cm³/mol. The van der Waals surface area contributed by atoms with Gasteiger partial charge < -0.3 is 19.5 Å². The number of allylic oxidation sites excluding steroid dienone is 2. The molecule has 2 unspecified atom stereocenters. The van der Waals surface area contributed by atoms with Crippen molar-refractivity contribution in [1.82, 2.24) is 4.90 Å². The van der Waals surface area contributed by atoms with E-state index in [1.807, 2.05) is 18.2 Å². The molecule has 0 aromatic heterocycles. The fourth-order valence-electron chi connectivity index (χ4n) is 3.86. The maximum Gasteiger partial charge on any atom is 0.161 e. The summed E-state index contributed by atoms with van der Waals surface area (Å²) < 4.78 is 11.5. The lowest BCUT2D eigenvalue weighted by atomic mass is 10.1. The van der Waals surface area contributed by atoms with Crippen molar-refractivity contribution < 1.29 is 14.6 Å². The summed E-state index contributed by atoms with van der Waals surface area (Å²) in [4.78, 5) is 2.35. The van der Waals surface area contributed by atoms with Crippen LogP contribution in [0.25, 0.3) is 0 Å². The molecule has 134 valence electrons. The SMILES string of the molecule is COc1ccc(C2CC2N2C(C)=CC(O)C=C2C)cc1OCC1CC1. The average molecular weight is 341 g/mol. The molecule has 1 aliphatic heterocycles. The molecule has 0 saturated heterocycles. The van der Waals surface area contributed by atoms with Crippen molar-refractivity contribution in [3.63, 3.8) is 0 Å². The summed E-state index contributed by atoms with van der Waals surface area (Å²) in [5.41, 5.74) is 3.58. The second-order valence-corrected chi connectivity index (χ2v) is 7.55. The minimum Gasteiger partial charge on any atom is -0.493 e. The zero-order valence-corrected chi connectivity index (χ0v) is 15.2. The van der Waals surface area contributed by atoms with Crippen LogP contribution < -0.4 is 9.47 Å². The Hall–Kier alpha value is -1.94. The van der Waals surface area contributed by atoms with Crippen molar-refractivity contribution in [1.29, 1.82) is 0 Å². The third kappa shape index (κ3) is 3.40. The van der Waals surface area contributed by atoms with E-state index in [9.17, 15) is 5.11 Å². The summed E-state index contributed by atoms with van der Waals surface area (Å²) in [6.07, 6.45) is 7.06. The monoisotopic (exact) mass is 341 g/mol. The van der Waals surface area contributed by atoms with Gasteiger partial charge in [0, 0.05) is 23.4 Å². The van der Waals surface area contributed by atoms with Gasteiger partial charge in [0.2, 0.25) is 0 Å². The average Bonchev–Trinajstić information content (AvgIpc) is 3.47. The van der Waals surface area contributed by atoms with Crippen molar-refractivity contribution in [2.45, 2.75) is 51.2 Å². The molecule has 2 aliphatic carbocycles. The summed E-state index contributed by atoms with van der Waals surface area (Å²) in [6, 6.07) is 6.80. The molecule has 1 heterocycles. The molecule has 0 radical (unpaired) electrons. The molecule has 1 aromatic rings. The Kier molecular flexibility index (Phi) is 4.24. The van der Waals surface area contributed by atoms with E-state index in [0.29, 0.717) is 12.0 Å². The molecule has 3 aliphatic rings. The van der Waals surface area contributed by atoms with Crippen molar-refractivity contribution in [2.24, 2.45) is 5.92 Å². The smallest absolute Gasteiger partial charge is 0.161 e. The van der Waals surface area contributed by atoms with Gasteiger partial charge in [0.25, 0.3) is 0 Å². The third-order valence-electron chi connectivity index (χ3n) is 5.46. The Balaban J connectivity index is 1.50. The molecular formula is C21H27NO3. The molecule has 1 aromatic carbocycles. The highest BCUT2D eigenvalue weighted by molar-refractivity contribution is 5.46. The van der Waals surface area contributed by atoms with E-state index in [1.165, 1.54) is 18.4 Å². The van der Waals surface area contributed by atoms with Crippen LogP contribution in [0.15, 0.2) is 41.7 Å². The summed E-state index contributed by atoms with van der Waals surface area (Å²) >= 11 is 0. The van der Waals surface area contributed by atoms with Gasteiger partial charge in [-0.15, -0.1) is 0 Å². The van der Waals surface area contributed by atoms with Crippen molar-refractivity contribution in [2.75, 3.05) is 13.7 Å². The van der Waals surface area contributed by atoms with Crippen molar-refractivity contribution in [3.05, 3.63) is 47.3 Å². The summed E-state index contributed by atoms with van der Waals surface area (Å²) in [5, 5.41) is 9.85. The molecule has 4 heteroatoms. The maximum atomic E-state index is 9.85. The molecule has 0 bridgehead atoms. The molecule has 2 saturated carbocycles. The van der Waals surface area contributed by atoms with Crippen LogP contribution in [-0.2, 0) is 0 Å². The second-order valence-electron chi connectivity index (χ2n) is 7.55. The summed E-state index contributed by atoms with van der Waals surface area (Å²) in [5.74, 6) is 2.90. The first kappa shape index (κ1) is 16.5. The Labute approximate surface area is 149 Å². The van der Waals surface area contributed by atoms with E-state index in [-0.39, 0.29) is 0 Å².